The summed E-state index contributed by atoms with van der Waals surface area (Å²) in [5.41, 5.74) is 0. The number of hydrogen-bond acceptors (Lipinski definition) is 10. The lowest BCUT2D eigenvalue weighted by Gasteiger charge is -2.38. The number of nitrogens with one attached hydrogen (secondary N) is 1. The quantitative estimate of drug-likeness (QED) is 0.288. The summed E-state index contributed by atoms with van der Waals surface area (Å²) in [7, 11) is 0. The average Bonchev–Trinajstić information content (AvgIpc) is 3.34. The number of epoxide rings is 1. The molecule has 1 saturated heterocycles. The van der Waals surface area contributed by atoms with Crippen molar-refractivity contribution in [2.75, 3.05) is 0 Å². The maximum absolute atomic E-state index is 11.7. The number of ether oxygens (including phenoxy) is 4. The average molecular weight is 426 g/mol. The van der Waals surface area contributed by atoms with Gasteiger partial charge in [-0.2, -0.15) is 5.26 Å². The molecule has 160 valence electrons. The van der Waals surface area contributed by atoms with Crippen LogP contribution in [-0.4, -0.2) is 59.2 Å². The Balaban J connectivity index is 2.31. The number of thioether (sulfide) groups is 1. The van der Waals surface area contributed by atoms with Crippen LogP contribution in [0.4, 0.5) is 0 Å². The molecule has 1 heterocycles. The van der Waals surface area contributed by atoms with Crippen molar-refractivity contribution in [2.45, 2.75) is 82.9 Å². The summed E-state index contributed by atoms with van der Waals surface area (Å²) in [6.07, 6.45) is -2.33. The summed E-state index contributed by atoms with van der Waals surface area (Å²) in [6, 6.07) is 1.53. The van der Waals surface area contributed by atoms with Crippen LogP contribution in [0.25, 0.3) is 0 Å². The van der Waals surface area contributed by atoms with Crippen molar-refractivity contribution < 1.29 is 33.3 Å². The molecule has 6 atom stereocenters. The maximum Gasteiger partial charge on any atom is 0.303 e. The van der Waals surface area contributed by atoms with Gasteiger partial charge in [-0.1, -0.05) is 20.8 Å². The van der Waals surface area contributed by atoms with Gasteiger partial charge in [0, 0.05) is 31.7 Å². The Morgan fingerprint density at radius 3 is 1.97 bits per heavy atom. The second-order valence-corrected chi connectivity index (χ2v) is 9.68. The van der Waals surface area contributed by atoms with Gasteiger partial charge in [0.1, 0.15) is 23.2 Å². The van der Waals surface area contributed by atoms with E-state index in [1.165, 1.54) is 38.7 Å². The van der Waals surface area contributed by atoms with E-state index >= 15 is 0 Å². The van der Waals surface area contributed by atoms with E-state index in [2.05, 4.69) is 11.4 Å². The van der Waals surface area contributed by atoms with E-state index in [9.17, 15) is 19.6 Å². The number of rotatable bonds is 6. The topological polar surface area (TPSA) is 127 Å². The Hall–Kier alpha value is -2.25. The molecule has 1 N–H and O–H groups in total. The molecule has 9 nitrogen and oxygen atoms in total. The highest BCUT2D eigenvalue weighted by Gasteiger charge is 2.65. The van der Waals surface area contributed by atoms with Crippen LogP contribution in [0.3, 0.4) is 0 Å². The number of carbonyl (C=O) groups excluding carboxylic acids is 3. The number of allylic oxidation sites excluding steroid dienone is 1. The predicted molar refractivity (Wildman–Crippen MR) is 103 cm³/mol. The molecule has 10 heteroatoms. The number of nitrogens with zero attached hydrogens (tertiary/aromatic N) is 1. The van der Waals surface area contributed by atoms with E-state index in [1.54, 1.807) is 0 Å². The second-order valence-electron chi connectivity index (χ2n) is 7.81. The van der Waals surface area contributed by atoms with Gasteiger partial charge >= 0.3 is 17.9 Å². The molecule has 1 saturated carbocycles. The van der Waals surface area contributed by atoms with Gasteiger partial charge in [0.15, 0.2) is 18.3 Å². The lowest BCUT2D eigenvalue weighted by atomic mass is 9.87. The van der Waals surface area contributed by atoms with E-state index in [1.807, 2.05) is 20.8 Å². The third-order valence-corrected chi connectivity index (χ3v) is 5.12. The number of carbonyl (C=O) groups is 3. The van der Waals surface area contributed by atoms with Gasteiger partial charge < -0.3 is 24.3 Å². The van der Waals surface area contributed by atoms with Crippen LogP contribution in [-0.2, 0) is 33.3 Å². The van der Waals surface area contributed by atoms with Crippen molar-refractivity contribution in [1.29, 1.82) is 5.26 Å². The summed E-state index contributed by atoms with van der Waals surface area (Å²) in [6.45, 7) is 9.61. The minimum atomic E-state index is -1.05. The molecular formula is C19H26N2O7S. The Labute approximate surface area is 174 Å². The van der Waals surface area contributed by atoms with Crippen molar-refractivity contribution in [3.05, 3.63) is 11.1 Å². The molecule has 2 fully saturated rings. The van der Waals surface area contributed by atoms with Gasteiger partial charge in [-0.3, -0.25) is 14.4 Å². The third-order valence-electron chi connectivity index (χ3n) is 4.08. The SMILES string of the molecule is CC(=O)O[C@H]1[C@@H](OC(C)=O)[C@@H](OC(C)=O)[C@H](N/C=C(/C#N)SC(C)(C)C)[C@@H]2O[C@H]12. The van der Waals surface area contributed by atoms with Crippen LogP contribution in [0.2, 0.25) is 0 Å². The summed E-state index contributed by atoms with van der Waals surface area (Å²) in [4.78, 5) is 35.3. The first-order valence-corrected chi connectivity index (χ1v) is 9.97. The van der Waals surface area contributed by atoms with E-state index in [4.69, 9.17) is 18.9 Å². The standard InChI is InChI=1S/C19H26N2O7S/c1-9(22)25-14-13(21-8-12(7-20)29-19(4,5)6)15-17(28-15)18(27-11(3)24)16(14)26-10(2)23/h8,13-18,21H,1-6H3/b12-8-/t13-,14-,15-,16-,17-,18-/m0/s1. The first-order chi connectivity index (χ1) is 13.4. The van der Waals surface area contributed by atoms with Gasteiger partial charge in [0.2, 0.25) is 0 Å². The lowest BCUT2D eigenvalue weighted by Crippen LogP contribution is -2.61. The van der Waals surface area contributed by atoms with Crippen LogP contribution in [0.15, 0.2) is 11.1 Å². The number of nitriles is 1. The molecule has 0 unspecified atom stereocenters. The summed E-state index contributed by atoms with van der Waals surface area (Å²) in [5.74, 6) is -1.77. The molecule has 0 aromatic rings. The van der Waals surface area contributed by atoms with Gasteiger partial charge in [-0.05, 0) is 0 Å². The van der Waals surface area contributed by atoms with Crippen LogP contribution in [0.1, 0.15) is 41.5 Å². The molecule has 0 spiro atoms. The van der Waals surface area contributed by atoms with Crippen molar-refractivity contribution >= 4 is 29.7 Å². The van der Waals surface area contributed by atoms with Crippen LogP contribution < -0.4 is 5.32 Å². The highest BCUT2D eigenvalue weighted by molar-refractivity contribution is 8.04. The van der Waals surface area contributed by atoms with Gasteiger partial charge in [-0.15, -0.1) is 11.8 Å². The Bertz CT molecular complexity index is 740. The van der Waals surface area contributed by atoms with Crippen LogP contribution >= 0.6 is 11.8 Å². The van der Waals surface area contributed by atoms with Crippen molar-refractivity contribution in [3.63, 3.8) is 0 Å². The van der Waals surface area contributed by atoms with Crippen molar-refractivity contribution in [1.82, 2.24) is 5.32 Å². The van der Waals surface area contributed by atoms with Crippen molar-refractivity contribution in [3.8, 4) is 6.07 Å². The minimum absolute atomic E-state index is 0.176. The fraction of sp³-hybridized carbons (Fsp3) is 0.684. The largest absolute Gasteiger partial charge is 0.456 e. The Kier molecular flexibility index (Phi) is 7.19. The van der Waals surface area contributed by atoms with Gasteiger partial charge in [0.25, 0.3) is 0 Å². The maximum atomic E-state index is 11.7. The summed E-state index contributed by atoms with van der Waals surface area (Å²) in [5, 5.41) is 12.5. The smallest absolute Gasteiger partial charge is 0.303 e. The van der Waals surface area contributed by atoms with E-state index in [-0.39, 0.29) is 4.75 Å². The van der Waals surface area contributed by atoms with Gasteiger partial charge in [-0.25, -0.2) is 0 Å². The molecule has 2 rings (SSSR count). The van der Waals surface area contributed by atoms with E-state index < -0.39 is 54.5 Å². The number of fused-ring (bicyclic) bond motifs is 1. The molecule has 0 bridgehead atoms. The molecule has 2 aliphatic rings. The monoisotopic (exact) mass is 426 g/mol. The van der Waals surface area contributed by atoms with Crippen LogP contribution in [0.5, 0.6) is 0 Å². The first kappa shape index (κ1) is 23.0. The zero-order valence-corrected chi connectivity index (χ0v) is 18.1. The fourth-order valence-electron chi connectivity index (χ4n) is 3.21. The molecule has 0 aromatic carbocycles. The normalized spacial score (nSPS) is 31.0. The third kappa shape index (κ3) is 6.37. The molecule has 1 aliphatic carbocycles. The van der Waals surface area contributed by atoms with Gasteiger partial charge in [0.05, 0.1) is 6.04 Å². The molecule has 0 aromatic heterocycles. The minimum Gasteiger partial charge on any atom is -0.456 e. The highest BCUT2D eigenvalue weighted by atomic mass is 32.2. The summed E-state index contributed by atoms with van der Waals surface area (Å²) >= 11 is 1.38. The number of hydrogen-bond donors (Lipinski definition) is 1. The molecule has 0 radical (unpaired) electrons. The molecule has 0 amide bonds. The lowest BCUT2D eigenvalue weighted by molar-refractivity contribution is -0.189. The first-order valence-electron chi connectivity index (χ1n) is 9.15. The zero-order valence-electron chi connectivity index (χ0n) is 17.3. The molecule has 29 heavy (non-hydrogen) atoms. The van der Waals surface area contributed by atoms with Crippen molar-refractivity contribution in [2.24, 2.45) is 0 Å². The fourth-order valence-corrected chi connectivity index (χ4v) is 4.05. The van der Waals surface area contributed by atoms with Crippen LogP contribution in [0, 0.1) is 11.3 Å². The predicted octanol–water partition coefficient (Wildman–Crippen LogP) is 1.42. The number of esters is 3. The Morgan fingerprint density at radius 1 is 0.966 bits per heavy atom. The second kappa shape index (κ2) is 9.05. The van der Waals surface area contributed by atoms with E-state index in [0.717, 1.165) is 0 Å². The molecular weight excluding hydrogens is 400 g/mol. The van der Waals surface area contributed by atoms with E-state index in [0.29, 0.717) is 4.91 Å². The Morgan fingerprint density at radius 2 is 1.48 bits per heavy atom. The zero-order chi connectivity index (χ0) is 21.9. The summed E-state index contributed by atoms with van der Waals surface area (Å²) < 4.78 is 21.6. The highest BCUT2D eigenvalue weighted by Crippen LogP contribution is 2.42. The molecule has 1 aliphatic heterocycles.